The first kappa shape index (κ1) is 16.6. The second kappa shape index (κ2) is 7.86. The van der Waals surface area contributed by atoms with Gasteiger partial charge in [-0.1, -0.05) is 43.9 Å². The van der Waals surface area contributed by atoms with Gasteiger partial charge < -0.3 is 10.3 Å². The molecule has 0 aromatic heterocycles. The maximum atomic E-state index is 11.3. The Bertz CT molecular complexity index is 495. The van der Waals surface area contributed by atoms with Crippen LogP contribution in [0.2, 0.25) is 0 Å². The van der Waals surface area contributed by atoms with Gasteiger partial charge in [0, 0.05) is 5.56 Å². The standard InChI is InChI=1S/C10H13NO4S.C2H6/c1-2-9(16(14,15)11-13)7-8-5-3-4-6-10(8)12;1-2/h3-7,11-13H,2H2,1H3;1-2H3/b9-7+;. The predicted octanol–water partition coefficient (Wildman–Crippen LogP) is 2.48. The summed E-state index contributed by atoms with van der Waals surface area (Å²) in [6.45, 7) is 5.64. The SMILES string of the molecule is CC.CC/C(=C\c1ccccc1O)S(=O)(=O)NO. The van der Waals surface area contributed by atoms with Gasteiger partial charge in [0.05, 0.1) is 4.91 Å². The summed E-state index contributed by atoms with van der Waals surface area (Å²) in [4.78, 5) is 1.25. The van der Waals surface area contributed by atoms with Crippen LogP contribution in [0.5, 0.6) is 5.75 Å². The van der Waals surface area contributed by atoms with Gasteiger partial charge in [0.2, 0.25) is 0 Å². The quantitative estimate of drug-likeness (QED) is 0.735. The molecule has 0 spiro atoms. The molecule has 1 rings (SSSR count). The van der Waals surface area contributed by atoms with E-state index in [9.17, 15) is 13.5 Å². The van der Waals surface area contributed by atoms with E-state index in [1.807, 2.05) is 13.8 Å². The minimum absolute atomic E-state index is 0.00324. The first-order valence-electron chi connectivity index (χ1n) is 5.65. The molecule has 0 amide bonds. The highest BCUT2D eigenvalue weighted by Gasteiger charge is 2.14. The van der Waals surface area contributed by atoms with Gasteiger partial charge in [-0.3, -0.25) is 0 Å². The van der Waals surface area contributed by atoms with Crippen LogP contribution in [0.25, 0.3) is 6.08 Å². The van der Waals surface area contributed by atoms with Crippen molar-refractivity contribution in [1.82, 2.24) is 4.89 Å². The number of phenolic OH excluding ortho intramolecular Hbond substituents is 1. The van der Waals surface area contributed by atoms with E-state index in [4.69, 9.17) is 5.21 Å². The van der Waals surface area contributed by atoms with Gasteiger partial charge in [-0.05, 0) is 18.6 Å². The van der Waals surface area contributed by atoms with Crippen molar-refractivity contribution in [3.05, 3.63) is 34.7 Å². The van der Waals surface area contributed by atoms with Gasteiger partial charge >= 0.3 is 0 Å². The first-order valence-corrected chi connectivity index (χ1v) is 7.14. The number of rotatable bonds is 4. The molecule has 0 radical (unpaired) electrons. The van der Waals surface area contributed by atoms with Gasteiger partial charge in [-0.25, -0.2) is 8.42 Å². The number of para-hydroxylation sites is 1. The van der Waals surface area contributed by atoms with Gasteiger partial charge in [0.1, 0.15) is 5.75 Å². The van der Waals surface area contributed by atoms with Crippen LogP contribution in [-0.4, -0.2) is 18.7 Å². The predicted molar refractivity (Wildman–Crippen MR) is 71.6 cm³/mol. The second-order valence-corrected chi connectivity index (χ2v) is 4.83. The molecule has 6 heteroatoms. The molecular weight excluding hydrogens is 254 g/mol. The largest absolute Gasteiger partial charge is 0.507 e. The van der Waals surface area contributed by atoms with Crippen LogP contribution in [0, 0.1) is 0 Å². The van der Waals surface area contributed by atoms with Gasteiger partial charge in [-0.2, -0.15) is 0 Å². The lowest BCUT2D eigenvalue weighted by Gasteiger charge is -2.05. The molecule has 0 aliphatic rings. The Morgan fingerprint density at radius 3 is 2.33 bits per heavy atom. The summed E-state index contributed by atoms with van der Waals surface area (Å²) in [5, 5.41) is 18.0. The lowest BCUT2D eigenvalue weighted by atomic mass is 10.2. The zero-order chi connectivity index (χ0) is 14.2. The molecule has 18 heavy (non-hydrogen) atoms. The Hall–Kier alpha value is -1.37. The monoisotopic (exact) mass is 273 g/mol. The Labute approximate surface area is 108 Å². The lowest BCUT2D eigenvalue weighted by Crippen LogP contribution is -2.20. The third-order valence-corrected chi connectivity index (χ3v) is 3.40. The third kappa shape index (κ3) is 4.48. The molecule has 0 unspecified atom stereocenters. The molecule has 0 aliphatic heterocycles. The summed E-state index contributed by atoms with van der Waals surface area (Å²) in [6, 6.07) is 6.35. The normalized spacial score (nSPS) is 11.7. The van der Waals surface area contributed by atoms with Gasteiger partial charge in [-0.15, -0.1) is 0 Å². The summed E-state index contributed by atoms with van der Waals surface area (Å²) in [6.07, 6.45) is 1.53. The molecular formula is C12H19NO4S. The molecule has 5 nitrogen and oxygen atoms in total. The number of hydrogen-bond donors (Lipinski definition) is 3. The average Bonchev–Trinajstić information content (AvgIpc) is 2.40. The molecule has 0 fully saturated rings. The molecule has 0 bridgehead atoms. The highest BCUT2D eigenvalue weighted by atomic mass is 32.2. The van der Waals surface area contributed by atoms with Crippen LogP contribution in [-0.2, 0) is 10.0 Å². The van der Waals surface area contributed by atoms with Crippen LogP contribution >= 0.6 is 0 Å². The van der Waals surface area contributed by atoms with Crippen LogP contribution in [0.4, 0.5) is 0 Å². The van der Waals surface area contributed by atoms with E-state index < -0.39 is 10.0 Å². The maximum Gasteiger partial charge on any atom is 0.258 e. The Balaban J connectivity index is 0.00000137. The molecule has 3 N–H and O–H groups in total. The summed E-state index contributed by atoms with van der Waals surface area (Å²) < 4.78 is 22.7. The fourth-order valence-electron chi connectivity index (χ4n) is 1.21. The van der Waals surface area contributed by atoms with E-state index in [-0.39, 0.29) is 17.1 Å². The van der Waals surface area contributed by atoms with Crippen molar-refractivity contribution in [1.29, 1.82) is 0 Å². The van der Waals surface area contributed by atoms with Crippen LogP contribution in [0.3, 0.4) is 0 Å². The minimum Gasteiger partial charge on any atom is -0.507 e. The summed E-state index contributed by atoms with van der Waals surface area (Å²) in [5.41, 5.74) is 0.387. The van der Waals surface area contributed by atoms with Gasteiger partial charge in [0.25, 0.3) is 10.0 Å². The molecule has 0 saturated carbocycles. The van der Waals surface area contributed by atoms with Crippen molar-refractivity contribution >= 4 is 16.1 Å². The molecule has 1 aromatic carbocycles. The third-order valence-electron chi connectivity index (χ3n) is 2.07. The Kier molecular flexibility index (Phi) is 7.26. The zero-order valence-electron chi connectivity index (χ0n) is 10.7. The van der Waals surface area contributed by atoms with Crippen LogP contribution < -0.4 is 4.89 Å². The number of nitrogens with one attached hydrogen (secondary N) is 1. The first-order chi connectivity index (χ1) is 8.51. The number of sulfonamides is 1. The molecule has 102 valence electrons. The fraction of sp³-hybridized carbons (Fsp3) is 0.333. The summed E-state index contributed by atoms with van der Waals surface area (Å²) >= 11 is 0. The highest BCUT2D eigenvalue weighted by molar-refractivity contribution is 7.93. The number of benzene rings is 1. The average molecular weight is 273 g/mol. The summed E-state index contributed by atoms with van der Waals surface area (Å²) in [5.74, 6) is -0.0124. The Morgan fingerprint density at radius 1 is 1.33 bits per heavy atom. The fourth-order valence-corrected chi connectivity index (χ4v) is 1.99. The van der Waals surface area contributed by atoms with Gasteiger partial charge in [0.15, 0.2) is 0 Å². The van der Waals surface area contributed by atoms with Crippen molar-refractivity contribution < 1.29 is 18.7 Å². The number of hydrogen-bond acceptors (Lipinski definition) is 4. The van der Waals surface area contributed by atoms with Crippen LogP contribution in [0.15, 0.2) is 29.2 Å². The van der Waals surface area contributed by atoms with Crippen molar-refractivity contribution in [2.24, 2.45) is 0 Å². The maximum absolute atomic E-state index is 11.3. The van der Waals surface area contributed by atoms with Crippen molar-refractivity contribution in [3.63, 3.8) is 0 Å². The van der Waals surface area contributed by atoms with E-state index in [1.54, 1.807) is 25.1 Å². The lowest BCUT2D eigenvalue weighted by molar-refractivity contribution is 0.244. The smallest absolute Gasteiger partial charge is 0.258 e. The molecule has 0 heterocycles. The second-order valence-electron chi connectivity index (χ2n) is 3.12. The van der Waals surface area contributed by atoms with E-state index in [0.29, 0.717) is 5.56 Å². The van der Waals surface area contributed by atoms with Crippen molar-refractivity contribution in [2.75, 3.05) is 0 Å². The van der Waals surface area contributed by atoms with Crippen molar-refractivity contribution in [3.8, 4) is 5.75 Å². The van der Waals surface area contributed by atoms with E-state index in [0.717, 1.165) is 0 Å². The van der Waals surface area contributed by atoms with Crippen molar-refractivity contribution in [2.45, 2.75) is 27.2 Å². The number of phenols is 1. The minimum atomic E-state index is -3.87. The highest BCUT2D eigenvalue weighted by Crippen LogP contribution is 2.21. The van der Waals surface area contributed by atoms with E-state index >= 15 is 0 Å². The molecule has 0 aliphatic carbocycles. The number of aromatic hydroxyl groups is 1. The number of allylic oxidation sites excluding steroid dienone is 1. The molecule has 0 saturated heterocycles. The van der Waals surface area contributed by atoms with E-state index in [1.165, 1.54) is 17.0 Å². The topological polar surface area (TPSA) is 86.6 Å². The summed E-state index contributed by atoms with van der Waals surface area (Å²) in [7, 11) is -3.87. The molecule has 0 atom stereocenters. The zero-order valence-corrected chi connectivity index (χ0v) is 11.5. The Morgan fingerprint density at radius 2 is 1.89 bits per heavy atom. The molecule has 1 aromatic rings. The van der Waals surface area contributed by atoms with Crippen LogP contribution in [0.1, 0.15) is 32.8 Å². The van der Waals surface area contributed by atoms with E-state index in [2.05, 4.69) is 0 Å².